The largest absolute Gasteiger partial charge is 0.382 e. The molecular formula is C12H25N5O2. The second-order valence-corrected chi connectivity index (χ2v) is 5.34. The molecule has 1 amide bonds. The first-order valence-corrected chi connectivity index (χ1v) is 6.41. The number of piperazine rings is 1. The van der Waals surface area contributed by atoms with Gasteiger partial charge in [-0.25, -0.2) is 10.8 Å². The Kier molecular flexibility index (Phi) is 5.13. The number of nitrogens with zero attached hydrogens (tertiary/aromatic N) is 3. The molecule has 0 radical (unpaired) electrons. The van der Waals surface area contributed by atoms with Crippen LogP contribution in [0.1, 0.15) is 20.8 Å². The smallest absolute Gasteiger partial charge is 0.247 e. The number of nitrogens with two attached hydrogens (primary N) is 1. The summed E-state index contributed by atoms with van der Waals surface area (Å²) in [4.78, 5) is 20.3. The summed E-state index contributed by atoms with van der Waals surface area (Å²) < 4.78 is 5.06. The van der Waals surface area contributed by atoms with Gasteiger partial charge in [0.05, 0.1) is 12.6 Å². The van der Waals surface area contributed by atoms with Crippen molar-refractivity contribution in [2.24, 2.45) is 10.8 Å². The van der Waals surface area contributed by atoms with Crippen molar-refractivity contribution in [1.82, 2.24) is 15.2 Å². The molecule has 110 valence electrons. The average Bonchev–Trinajstić information content (AvgIpc) is 2.34. The first-order chi connectivity index (χ1) is 8.84. The number of carbonyl (C=O) groups is 1. The molecule has 7 nitrogen and oxygen atoms in total. The molecule has 0 bridgehead atoms. The van der Waals surface area contributed by atoms with Crippen LogP contribution in [0.5, 0.6) is 0 Å². The number of guanidine groups is 1. The zero-order chi connectivity index (χ0) is 14.6. The first kappa shape index (κ1) is 15.7. The summed E-state index contributed by atoms with van der Waals surface area (Å²) in [7, 11) is 3.44. The summed E-state index contributed by atoms with van der Waals surface area (Å²) in [5.74, 6) is 6.14. The molecule has 0 aromatic rings. The van der Waals surface area contributed by atoms with E-state index in [0.29, 0.717) is 25.7 Å². The van der Waals surface area contributed by atoms with Gasteiger partial charge < -0.3 is 14.5 Å². The fourth-order valence-electron chi connectivity index (χ4n) is 2.26. The fourth-order valence-corrected chi connectivity index (χ4v) is 2.26. The van der Waals surface area contributed by atoms with E-state index in [4.69, 9.17) is 10.6 Å². The summed E-state index contributed by atoms with van der Waals surface area (Å²) in [6.45, 7) is 7.54. The second-order valence-electron chi connectivity index (χ2n) is 5.34. The van der Waals surface area contributed by atoms with Crippen LogP contribution in [-0.2, 0) is 9.53 Å². The van der Waals surface area contributed by atoms with Gasteiger partial charge in [-0.15, -0.1) is 0 Å². The van der Waals surface area contributed by atoms with Gasteiger partial charge in [-0.2, -0.15) is 0 Å². The monoisotopic (exact) mass is 271 g/mol. The Hall–Kier alpha value is -1.34. The van der Waals surface area contributed by atoms with Gasteiger partial charge in [-0.05, 0) is 20.8 Å². The highest BCUT2D eigenvalue weighted by atomic mass is 16.5. The molecule has 1 aliphatic rings. The number of likely N-dealkylation sites (N-methyl/N-ethyl adjacent to an activating group) is 1. The van der Waals surface area contributed by atoms with Crippen LogP contribution in [0.2, 0.25) is 0 Å². The van der Waals surface area contributed by atoms with E-state index in [-0.39, 0.29) is 11.9 Å². The molecule has 0 aliphatic carbocycles. The summed E-state index contributed by atoms with van der Waals surface area (Å²) in [6, 6.07) is -0.0263. The Balaban J connectivity index is 2.95. The van der Waals surface area contributed by atoms with Crippen molar-refractivity contribution in [1.29, 1.82) is 0 Å². The minimum Gasteiger partial charge on any atom is -0.382 e. The molecule has 0 aromatic heterocycles. The van der Waals surface area contributed by atoms with Gasteiger partial charge in [0.2, 0.25) is 11.9 Å². The van der Waals surface area contributed by atoms with E-state index in [9.17, 15) is 4.79 Å². The first-order valence-electron chi connectivity index (χ1n) is 6.41. The highest BCUT2D eigenvalue weighted by Crippen LogP contribution is 2.21. The van der Waals surface area contributed by atoms with Crippen molar-refractivity contribution < 1.29 is 9.53 Å². The van der Waals surface area contributed by atoms with Crippen LogP contribution in [-0.4, -0.2) is 67.1 Å². The predicted octanol–water partition coefficient (Wildman–Crippen LogP) is -0.607. The molecule has 1 rings (SSSR count). The molecule has 0 aromatic carbocycles. The number of methoxy groups -OCH3 is 1. The zero-order valence-electron chi connectivity index (χ0n) is 12.4. The summed E-state index contributed by atoms with van der Waals surface area (Å²) in [6.07, 6.45) is 0. The van der Waals surface area contributed by atoms with Crippen molar-refractivity contribution >= 4 is 11.9 Å². The Bertz CT molecular complexity index is 356. The van der Waals surface area contributed by atoms with Gasteiger partial charge in [-0.1, -0.05) is 0 Å². The Morgan fingerprint density at radius 2 is 2.21 bits per heavy atom. The lowest BCUT2D eigenvalue weighted by Crippen LogP contribution is -2.66. The van der Waals surface area contributed by atoms with E-state index in [0.717, 1.165) is 0 Å². The number of hydrogen-bond acceptors (Lipinski definition) is 4. The average molecular weight is 271 g/mol. The number of amides is 1. The number of ether oxygens (including phenoxy) is 1. The van der Waals surface area contributed by atoms with E-state index in [2.05, 4.69) is 10.4 Å². The van der Waals surface area contributed by atoms with Crippen molar-refractivity contribution in [3.8, 4) is 0 Å². The summed E-state index contributed by atoms with van der Waals surface area (Å²) in [5, 5.41) is 0. The third-order valence-electron chi connectivity index (χ3n) is 3.34. The number of rotatable bonds is 3. The number of carbonyl (C=O) groups excluding carboxylic acids is 1. The minimum absolute atomic E-state index is 0.0263. The Labute approximate surface area is 114 Å². The van der Waals surface area contributed by atoms with Gasteiger partial charge in [0.1, 0.15) is 5.54 Å². The van der Waals surface area contributed by atoms with Crippen LogP contribution in [0.3, 0.4) is 0 Å². The molecule has 3 N–H and O–H groups in total. The van der Waals surface area contributed by atoms with Crippen LogP contribution >= 0.6 is 0 Å². The van der Waals surface area contributed by atoms with Gasteiger partial charge >= 0.3 is 0 Å². The molecule has 7 heteroatoms. The molecular weight excluding hydrogens is 246 g/mol. The summed E-state index contributed by atoms with van der Waals surface area (Å²) in [5.41, 5.74) is 1.94. The van der Waals surface area contributed by atoms with Crippen LogP contribution in [0.25, 0.3) is 0 Å². The summed E-state index contributed by atoms with van der Waals surface area (Å²) >= 11 is 0. The van der Waals surface area contributed by atoms with E-state index in [1.54, 1.807) is 12.0 Å². The SMILES string of the molecule is COCC(C)N=C(NN)N1CCN(C)C(=O)C1(C)C. The highest BCUT2D eigenvalue weighted by molar-refractivity contribution is 5.92. The molecule has 1 heterocycles. The lowest BCUT2D eigenvalue weighted by Gasteiger charge is -2.46. The molecule has 1 unspecified atom stereocenters. The molecule has 1 atom stereocenters. The van der Waals surface area contributed by atoms with Crippen molar-refractivity contribution in [2.45, 2.75) is 32.4 Å². The number of aliphatic imine (C=N–C) groups is 1. The van der Waals surface area contributed by atoms with Crippen LogP contribution in [0.15, 0.2) is 4.99 Å². The molecule has 19 heavy (non-hydrogen) atoms. The lowest BCUT2D eigenvalue weighted by molar-refractivity contribution is -0.143. The molecule has 0 saturated carbocycles. The Morgan fingerprint density at radius 3 is 2.74 bits per heavy atom. The number of hydrogen-bond donors (Lipinski definition) is 2. The zero-order valence-corrected chi connectivity index (χ0v) is 12.4. The van der Waals surface area contributed by atoms with Gasteiger partial charge in [0.25, 0.3) is 0 Å². The third-order valence-corrected chi connectivity index (χ3v) is 3.34. The van der Waals surface area contributed by atoms with Gasteiger partial charge in [0, 0.05) is 27.2 Å². The predicted molar refractivity (Wildman–Crippen MR) is 74.5 cm³/mol. The highest BCUT2D eigenvalue weighted by Gasteiger charge is 2.42. The lowest BCUT2D eigenvalue weighted by atomic mass is 9.98. The molecule has 0 spiro atoms. The third kappa shape index (κ3) is 3.36. The second kappa shape index (κ2) is 6.21. The fraction of sp³-hybridized carbons (Fsp3) is 0.833. The van der Waals surface area contributed by atoms with Crippen LogP contribution in [0, 0.1) is 0 Å². The van der Waals surface area contributed by atoms with Crippen molar-refractivity contribution in [3.05, 3.63) is 0 Å². The van der Waals surface area contributed by atoms with Crippen molar-refractivity contribution in [2.75, 3.05) is 33.9 Å². The van der Waals surface area contributed by atoms with E-state index < -0.39 is 5.54 Å². The van der Waals surface area contributed by atoms with E-state index in [1.807, 2.05) is 32.7 Å². The van der Waals surface area contributed by atoms with Crippen LogP contribution in [0.4, 0.5) is 0 Å². The molecule has 1 saturated heterocycles. The molecule has 1 fully saturated rings. The standard InChI is InChI=1S/C12H25N5O2/c1-9(8-19-5)14-11(15-13)17-7-6-16(4)10(18)12(17,2)3/h9H,6-8,13H2,1-5H3,(H,14,15). The Morgan fingerprint density at radius 1 is 1.58 bits per heavy atom. The maximum absolute atomic E-state index is 12.2. The topological polar surface area (TPSA) is 83.2 Å². The minimum atomic E-state index is -0.662. The maximum Gasteiger partial charge on any atom is 0.247 e. The quantitative estimate of drug-likeness (QED) is 0.310. The maximum atomic E-state index is 12.2. The van der Waals surface area contributed by atoms with Crippen molar-refractivity contribution in [3.63, 3.8) is 0 Å². The normalized spacial score (nSPS) is 21.6. The van der Waals surface area contributed by atoms with E-state index >= 15 is 0 Å². The van der Waals surface area contributed by atoms with Gasteiger partial charge in [0.15, 0.2) is 0 Å². The number of hydrazine groups is 1. The van der Waals surface area contributed by atoms with E-state index in [1.165, 1.54) is 0 Å². The molecule has 1 aliphatic heterocycles. The van der Waals surface area contributed by atoms with Gasteiger partial charge in [-0.3, -0.25) is 10.2 Å². The number of nitrogens with one attached hydrogen (secondary N) is 1. The van der Waals surface area contributed by atoms with Crippen LogP contribution < -0.4 is 11.3 Å².